The molecule has 2 aromatic carbocycles. The van der Waals surface area contributed by atoms with E-state index in [0.717, 1.165) is 5.56 Å². The third kappa shape index (κ3) is 4.91. The monoisotopic (exact) mass is 341 g/mol. The van der Waals surface area contributed by atoms with Crippen molar-refractivity contribution < 1.29 is 14.8 Å². The predicted molar refractivity (Wildman–Crippen MR) is 95.0 cm³/mol. The SMILES string of the molecule is Cc1cccc(C(=O)C=Cc2ccc(C=CC(=O)NO)cc2Cl)c1. The van der Waals surface area contributed by atoms with Crippen LogP contribution >= 0.6 is 11.6 Å². The summed E-state index contributed by atoms with van der Waals surface area (Å²) < 4.78 is 0. The number of hydroxylamine groups is 1. The lowest BCUT2D eigenvalue weighted by Crippen LogP contribution is -2.14. The van der Waals surface area contributed by atoms with E-state index < -0.39 is 5.91 Å². The van der Waals surface area contributed by atoms with E-state index in [9.17, 15) is 9.59 Å². The molecule has 1 amide bonds. The summed E-state index contributed by atoms with van der Waals surface area (Å²) in [6.45, 7) is 1.93. The molecule has 5 heteroatoms. The van der Waals surface area contributed by atoms with Gasteiger partial charge in [0, 0.05) is 16.7 Å². The molecule has 0 fully saturated rings. The predicted octanol–water partition coefficient (Wildman–Crippen LogP) is 4.06. The average molecular weight is 342 g/mol. The van der Waals surface area contributed by atoms with Crippen molar-refractivity contribution in [3.63, 3.8) is 0 Å². The Morgan fingerprint density at radius 3 is 2.54 bits per heavy atom. The maximum Gasteiger partial charge on any atom is 0.267 e. The van der Waals surface area contributed by atoms with Crippen molar-refractivity contribution >= 4 is 35.4 Å². The van der Waals surface area contributed by atoms with Gasteiger partial charge in [0.2, 0.25) is 0 Å². The molecule has 0 spiro atoms. The smallest absolute Gasteiger partial charge is 0.267 e. The topological polar surface area (TPSA) is 66.4 Å². The van der Waals surface area contributed by atoms with Crippen molar-refractivity contribution in [3.8, 4) is 0 Å². The van der Waals surface area contributed by atoms with Crippen LogP contribution in [0.25, 0.3) is 12.2 Å². The molecule has 0 unspecified atom stereocenters. The zero-order chi connectivity index (χ0) is 17.5. The van der Waals surface area contributed by atoms with Crippen molar-refractivity contribution in [2.24, 2.45) is 0 Å². The second-order valence-corrected chi connectivity index (χ2v) is 5.56. The molecule has 0 bridgehead atoms. The second-order valence-electron chi connectivity index (χ2n) is 5.16. The lowest BCUT2D eigenvalue weighted by molar-refractivity contribution is -0.124. The van der Waals surface area contributed by atoms with E-state index in [1.54, 1.807) is 30.3 Å². The van der Waals surface area contributed by atoms with Gasteiger partial charge in [-0.3, -0.25) is 14.8 Å². The Balaban J connectivity index is 2.14. The second kappa shape index (κ2) is 8.24. The lowest BCUT2D eigenvalue weighted by atomic mass is 10.1. The first-order chi connectivity index (χ1) is 11.5. The summed E-state index contributed by atoms with van der Waals surface area (Å²) >= 11 is 6.19. The van der Waals surface area contributed by atoms with Crippen LogP contribution in [0.4, 0.5) is 0 Å². The number of halogens is 1. The number of benzene rings is 2. The van der Waals surface area contributed by atoms with Crippen LogP contribution in [0.15, 0.2) is 54.6 Å². The Hall–Kier alpha value is -2.69. The van der Waals surface area contributed by atoms with Gasteiger partial charge in [0.1, 0.15) is 0 Å². The van der Waals surface area contributed by atoms with Crippen molar-refractivity contribution in [2.45, 2.75) is 6.92 Å². The fraction of sp³-hybridized carbons (Fsp3) is 0.0526. The van der Waals surface area contributed by atoms with Gasteiger partial charge in [0.25, 0.3) is 5.91 Å². The zero-order valence-corrected chi connectivity index (χ0v) is 13.7. The quantitative estimate of drug-likeness (QED) is 0.373. The minimum Gasteiger partial charge on any atom is -0.289 e. The van der Waals surface area contributed by atoms with Gasteiger partial charge in [-0.2, -0.15) is 0 Å². The van der Waals surface area contributed by atoms with E-state index >= 15 is 0 Å². The van der Waals surface area contributed by atoms with Crippen LogP contribution < -0.4 is 5.48 Å². The van der Waals surface area contributed by atoms with Crippen LogP contribution in [-0.4, -0.2) is 16.9 Å². The number of ketones is 1. The molecule has 122 valence electrons. The molecule has 4 nitrogen and oxygen atoms in total. The average Bonchev–Trinajstić information content (AvgIpc) is 2.58. The molecule has 2 aromatic rings. The number of hydrogen-bond acceptors (Lipinski definition) is 3. The van der Waals surface area contributed by atoms with Gasteiger partial charge in [-0.15, -0.1) is 0 Å². The Morgan fingerprint density at radius 2 is 1.88 bits per heavy atom. The number of allylic oxidation sites excluding steroid dienone is 1. The summed E-state index contributed by atoms with van der Waals surface area (Å²) in [7, 11) is 0. The summed E-state index contributed by atoms with van der Waals surface area (Å²) in [6, 6.07) is 12.5. The minimum atomic E-state index is -0.626. The summed E-state index contributed by atoms with van der Waals surface area (Å²) in [4.78, 5) is 23.1. The molecule has 0 aliphatic carbocycles. The molecular weight excluding hydrogens is 326 g/mol. The number of aryl methyl sites for hydroxylation is 1. The van der Waals surface area contributed by atoms with Crippen LogP contribution in [-0.2, 0) is 4.79 Å². The van der Waals surface area contributed by atoms with E-state index in [1.807, 2.05) is 25.1 Å². The van der Waals surface area contributed by atoms with Crippen molar-refractivity contribution in [1.29, 1.82) is 0 Å². The summed E-state index contributed by atoms with van der Waals surface area (Å²) in [5.74, 6) is -0.725. The largest absolute Gasteiger partial charge is 0.289 e. The van der Waals surface area contributed by atoms with Gasteiger partial charge in [-0.1, -0.05) is 47.5 Å². The normalized spacial score (nSPS) is 11.1. The number of amides is 1. The highest BCUT2D eigenvalue weighted by atomic mass is 35.5. The van der Waals surface area contributed by atoms with Crippen molar-refractivity contribution in [3.05, 3.63) is 81.9 Å². The molecule has 0 aromatic heterocycles. The molecule has 0 radical (unpaired) electrons. The van der Waals surface area contributed by atoms with E-state index in [1.165, 1.54) is 23.7 Å². The Labute approximate surface area is 145 Å². The molecule has 2 rings (SSSR count). The van der Waals surface area contributed by atoms with Crippen LogP contribution in [0.3, 0.4) is 0 Å². The van der Waals surface area contributed by atoms with Crippen LogP contribution in [0, 0.1) is 6.92 Å². The minimum absolute atomic E-state index is 0.0987. The maximum absolute atomic E-state index is 12.1. The first-order valence-electron chi connectivity index (χ1n) is 7.20. The highest BCUT2D eigenvalue weighted by Gasteiger charge is 2.03. The van der Waals surface area contributed by atoms with E-state index in [-0.39, 0.29) is 5.78 Å². The maximum atomic E-state index is 12.1. The number of nitrogens with one attached hydrogen (secondary N) is 1. The van der Waals surface area contributed by atoms with Gasteiger partial charge in [-0.25, -0.2) is 5.48 Å². The number of carbonyl (C=O) groups excluding carboxylic acids is 2. The van der Waals surface area contributed by atoms with Crippen LogP contribution in [0.1, 0.15) is 27.0 Å². The molecule has 24 heavy (non-hydrogen) atoms. The fourth-order valence-electron chi connectivity index (χ4n) is 2.05. The number of rotatable bonds is 5. The van der Waals surface area contributed by atoms with Gasteiger partial charge in [0.05, 0.1) is 0 Å². The molecule has 2 N–H and O–H groups in total. The molecule has 0 aliphatic rings. The first-order valence-corrected chi connectivity index (χ1v) is 7.58. The van der Waals surface area contributed by atoms with Crippen LogP contribution in [0.2, 0.25) is 5.02 Å². The van der Waals surface area contributed by atoms with Crippen LogP contribution in [0.5, 0.6) is 0 Å². The van der Waals surface area contributed by atoms with Gasteiger partial charge < -0.3 is 0 Å². The molecule has 0 saturated carbocycles. The highest BCUT2D eigenvalue weighted by molar-refractivity contribution is 6.32. The first kappa shape index (κ1) is 17.7. The zero-order valence-electron chi connectivity index (χ0n) is 13.0. The molecule has 0 atom stereocenters. The van der Waals surface area contributed by atoms with Crippen molar-refractivity contribution in [2.75, 3.05) is 0 Å². The highest BCUT2D eigenvalue weighted by Crippen LogP contribution is 2.20. The molecular formula is C19H16ClNO3. The Kier molecular flexibility index (Phi) is 6.07. The van der Waals surface area contributed by atoms with Crippen molar-refractivity contribution in [1.82, 2.24) is 5.48 Å². The molecule has 0 saturated heterocycles. The fourth-order valence-corrected chi connectivity index (χ4v) is 2.30. The van der Waals surface area contributed by atoms with Gasteiger partial charge in [0.15, 0.2) is 5.78 Å². The lowest BCUT2D eigenvalue weighted by Gasteiger charge is -2.01. The molecule has 0 aliphatic heterocycles. The van der Waals surface area contributed by atoms with Gasteiger partial charge >= 0.3 is 0 Å². The Bertz CT molecular complexity index is 825. The summed E-state index contributed by atoms with van der Waals surface area (Å²) in [6.07, 6.45) is 5.83. The summed E-state index contributed by atoms with van der Waals surface area (Å²) in [5, 5.41) is 8.88. The molecule has 0 heterocycles. The third-order valence-corrected chi connectivity index (χ3v) is 3.61. The van der Waals surface area contributed by atoms with E-state index in [4.69, 9.17) is 16.8 Å². The number of hydrogen-bond donors (Lipinski definition) is 2. The standard InChI is InChI=1S/C19H16ClNO3/c1-13-3-2-4-16(11-13)18(22)9-8-15-7-5-14(12-17(15)20)6-10-19(23)21-24/h2-12,24H,1H3,(H,21,23). The van der Waals surface area contributed by atoms with E-state index in [2.05, 4.69) is 0 Å². The summed E-state index contributed by atoms with van der Waals surface area (Å²) in [5.41, 5.74) is 4.55. The van der Waals surface area contributed by atoms with Gasteiger partial charge in [-0.05, 0) is 48.4 Å². The third-order valence-electron chi connectivity index (χ3n) is 3.28. The number of carbonyl (C=O) groups is 2. The Morgan fingerprint density at radius 1 is 1.08 bits per heavy atom. The van der Waals surface area contributed by atoms with E-state index in [0.29, 0.717) is 21.7 Å².